The van der Waals surface area contributed by atoms with Gasteiger partial charge >= 0.3 is 0 Å². The zero-order valence-electron chi connectivity index (χ0n) is 12.4. The van der Waals surface area contributed by atoms with E-state index in [1.54, 1.807) is 10.5 Å². The third-order valence-electron chi connectivity index (χ3n) is 5.42. The van der Waals surface area contributed by atoms with Gasteiger partial charge in [-0.3, -0.25) is 0 Å². The van der Waals surface area contributed by atoms with Crippen LogP contribution in [-0.2, 0) is 0 Å². The lowest BCUT2D eigenvalue weighted by atomic mass is 9.66. The van der Waals surface area contributed by atoms with Crippen molar-refractivity contribution < 1.29 is 0 Å². The topological polar surface area (TPSA) is 0 Å². The van der Waals surface area contributed by atoms with Crippen LogP contribution in [0.3, 0.4) is 0 Å². The predicted octanol–water partition coefficient (Wildman–Crippen LogP) is 5.64. The van der Waals surface area contributed by atoms with Crippen LogP contribution in [0.25, 0.3) is 5.57 Å². The Morgan fingerprint density at radius 3 is 2.09 bits per heavy atom. The number of hydrogen-bond acceptors (Lipinski definition) is 1. The first-order valence-electron chi connectivity index (χ1n) is 8.12. The fourth-order valence-electron chi connectivity index (χ4n) is 4.51. The summed E-state index contributed by atoms with van der Waals surface area (Å²) in [6.07, 6.45) is 6.31. The van der Waals surface area contributed by atoms with Crippen molar-refractivity contribution in [1.29, 1.82) is 0 Å². The summed E-state index contributed by atoms with van der Waals surface area (Å²) in [7, 11) is 0. The predicted molar refractivity (Wildman–Crippen MR) is 93.4 cm³/mol. The summed E-state index contributed by atoms with van der Waals surface area (Å²) in [5.41, 5.74) is 3.06. The molecule has 3 aliphatic carbocycles. The van der Waals surface area contributed by atoms with Crippen LogP contribution in [0.2, 0.25) is 0 Å². The first kappa shape index (κ1) is 12.8. The quantitative estimate of drug-likeness (QED) is 0.661. The van der Waals surface area contributed by atoms with Crippen molar-refractivity contribution >= 4 is 17.3 Å². The molecule has 0 nitrogen and oxygen atoms in total. The van der Waals surface area contributed by atoms with Crippen molar-refractivity contribution in [2.45, 2.75) is 11.3 Å². The van der Waals surface area contributed by atoms with E-state index in [1.807, 2.05) is 11.8 Å². The van der Waals surface area contributed by atoms with E-state index >= 15 is 0 Å². The maximum Gasteiger partial charge on any atom is 0.0119 e. The van der Waals surface area contributed by atoms with Gasteiger partial charge in [-0.2, -0.15) is 0 Å². The maximum atomic E-state index is 2.47. The second-order valence-corrected chi connectivity index (χ2v) is 7.67. The molecule has 108 valence electrons. The zero-order valence-corrected chi connectivity index (χ0v) is 13.2. The first-order valence-corrected chi connectivity index (χ1v) is 8.94. The Balaban J connectivity index is 1.58. The molecule has 2 aromatic rings. The van der Waals surface area contributed by atoms with Gasteiger partial charge in [-0.15, -0.1) is 0 Å². The van der Waals surface area contributed by atoms with Crippen LogP contribution < -0.4 is 0 Å². The number of benzene rings is 2. The highest BCUT2D eigenvalue weighted by atomic mass is 32.2. The zero-order chi connectivity index (χ0) is 14.5. The lowest BCUT2D eigenvalue weighted by molar-refractivity contribution is 0.411. The molecule has 22 heavy (non-hydrogen) atoms. The van der Waals surface area contributed by atoms with E-state index < -0.39 is 0 Å². The van der Waals surface area contributed by atoms with E-state index in [2.05, 4.69) is 72.8 Å². The standard InChI is InChI=1S/C21H18S/c1-3-7-14(8-4-1)19-18-15-11-12-16(13-15)20(18)21(19)22-17-9-5-2-6-10-17/h1-12,15-16,18,20H,13H2/t15-,16+,18-,20-/m1/s1. The summed E-state index contributed by atoms with van der Waals surface area (Å²) in [6.45, 7) is 0. The van der Waals surface area contributed by atoms with Crippen LogP contribution >= 0.6 is 11.8 Å². The van der Waals surface area contributed by atoms with Crippen LogP contribution in [0.4, 0.5) is 0 Å². The van der Waals surface area contributed by atoms with Gasteiger partial charge < -0.3 is 0 Å². The average Bonchev–Trinajstić information content (AvgIpc) is 3.13. The molecule has 5 rings (SSSR count). The third kappa shape index (κ3) is 1.78. The maximum absolute atomic E-state index is 2.47. The van der Waals surface area contributed by atoms with Crippen molar-refractivity contribution in [3.05, 3.63) is 83.3 Å². The Hall–Kier alpha value is -1.73. The normalized spacial score (nSPS) is 31.3. The Bertz CT molecular complexity index is 757. The minimum absolute atomic E-state index is 0.767. The number of allylic oxidation sites excluding steroid dienone is 4. The van der Waals surface area contributed by atoms with Gasteiger partial charge in [0.05, 0.1) is 0 Å². The largest absolute Gasteiger partial charge is 0.0939 e. The van der Waals surface area contributed by atoms with Gasteiger partial charge in [-0.1, -0.05) is 72.4 Å². The van der Waals surface area contributed by atoms with E-state index in [0.29, 0.717) is 0 Å². The molecule has 0 heterocycles. The van der Waals surface area contributed by atoms with Gasteiger partial charge in [-0.05, 0) is 52.3 Å². The first-order chi connectivity index (χ1) is 10.9. The Morgan fingerprint density at radius 1 is 0.727 bits per heavy atom. The van der Waals surface area contributed by atoms with Gasteiger partial charge in [-0.25, -0.2) is 0 Å². The molecule has 0 aliphatic heterocycles. The molecule has 0 amide bonds. The molecule has 0 saturated heterocycles. The van der Waals surface area contributed by atoms with E-state index in [9.17, 15) is 0 Å². The molecule has 0 aromatic heterocycles. The van der Waals surface area contributed by atoms with Gasteiger partial charge in [0.15, 0.2) is 0 Å². The molecule has 0 N–H and O–H groups in total. The molecule has 0 unspecified atom stereocenters. The van der Waals surface area contributed by atoms with Gasteiger partial charge in [0.2, 0.25) is 0 Å². The summed E-state index contributed by atoms with van der Waals surface area (Å²) >= 11 is 2.00. The highest BCUT2D eigenvalue weighted by Crippen LogP contribution is 2.66. The van der Waals surface area contributed by atoms with Crippen molar-refractivity contribution in [2.24, 2.45) is 23.7 Å². The second-order valence-electron chi connectivity index (χ2n) is 6.56. The molecular formula is C21H18S. The van der Waals surface area contributed by atoms with Gasteiger partial charge in [0.1, 0.15) is 0 Å². The Kier molecular flexibility index (Phi) is 2.84. The molecule has 0 spiro atoms. The van der Waals surface area contributed by atoms with E-state index in [-0.39, 0.29) is 0 Å². The van der Waals surface area contributed by atoms with Crippen LogP contribution in [0.15, 0.2) is 82.6 Å². The molecule has 1 fully saturated rings. The minimum atomic E-state index is 0.767. The summed E-state index contributed by atoms with van der Waals surface area (Å²) in [5, 5.41) is 0. The molecule has 2 aromatic carbocycles. The van der Waals surface area contributed by atoms with Crippen molar-refractivity contribution in [3.63, 3.8) is 0 Å². The fraction of sp³-hybridized carbons (Fsp3) is 0.238. The van der Waals surface area contributed by atoms with Crippen LogP contribution in [0.5, 0.6) is 0 Å². The van der Waals surface area contributed by atoms with E-state index in [4.69, 9.17) is 0 Å². The highest BCUT2D eigenvalue weighted by molar-refractivity contribution is 8.03. The molecule has 2 bridgehead atoms. The summed E-state index contributed by atoms with van der Waals surface area (Å²) < 4.78 is 0. The smallest absolute Gasteiger partial charge is 0.0119 e. The van der Waals surface area contributed by atoms with Crippen molar-refractivity contribution in [2.75, 3.05) is 0 Å². The Morgan fingerprint density at radius 2 is 1.36 bits per heavy atom. The number of fused-ring (bicyclic) bond motifs is 5. The summed E-state index contributed by atoms with van der Waals surface area (Å²) in [6, 6.07) is 21.9. The SMILES string of the molecule is C1=C[C@H]2C[C@@H]1[C@@H]1C(c3ccccc3)=C(Sc3ccccc3)[C@@H]12. The highest BCUT2D eigenvalue weighted by Gasteiger charge is 2.55. The van der Waals surface area contributed by atoms with E-state index in [1.165, 1.54) is 16.9 Å². The van der Waals surface area contributed by atoms with Gasteiger partial charge in [0, 0.05) is 10.8 Å². The average molecular weight is 302 g/mol. The summed E-state index contributed by atoms with van der Waals surface area (Å²) in [5.74, 6) is 3.11. The fourth-order valence-corrected chi connectivity index (χ4v) is 5.88. The molecule has 1 heteroatoms. The molecular weight excluding hydrogens is 284 g/mol. The summed E-state index contributed by atoms with van der Waals surface area (Å²) in [4.78, 5) is 3.00. The van der Waals surface area contributed by atoms with Crippen molar-refractivity contribution in [3.8, 4) is 0 Å². The molecule has 0 radical (unpaired) electrons. The Labute approximate surface area is 135 Å². The van der Waals surface area contributed by atoms with Crippen LogP contribution in [0.1, 0.15) is 12.0 Å². The minimum Gasteiger partial charge on any atom is -0.0939 e. The molecule has 1 saturated carbocycles. The lowest BCUT2D eigenvalue weighted by Crippen LogP contribution is -2.32. The van der Waals surface area contributed by atoms with Crippen LogP contribution in [-0.4, -0.2) is 0 Å². The van der Waals surface area contributed by atoms with Gasteiger partial charge in [0.25, 0.3) is 0 Å². The molecule has 4 atom stereocenters. The molecule has 3 aliphatic rings. The van der Waals surface area contributed by atoms with Crippen molar-refractivity contribution in [1.82, 2.24) is 0 Å². The lowest BCUT2D eigenvalue weighted by Gasteiger charge is -2.43. The van der Waals surface area contributed by atoms with Crippen LogP contribution in [0, 0.1) is 23.7 Å². The number of hydrogen-bond donors (Lipinski definition) is 0. The van der Waals surface area contributed by atoms with E-state index in [0.717, 1.165) is 23.7 Å². The second kappa shape index (κ2) is 4.89. The number of thioether (sulfide) groups is 1. The monoisotopic (exact) mass is 302 g/mol. The third-order valence-corrected chi connectivity index (χ3v) is 6.64. The number of rotatable bonds is 3.